The highest BCUT2D eigenvalue weighted by atomic mass is 35.5. The number of ketones is 1. The van der Waals surface area contributed by atoms with Gasteiger partial charge in [-0.2, -0.15) is 0 Å². The van der Waals surface area contributed by atoms with Crippen molar-refractivity contribution in [2.75, 3.05) is 16.6 Å². The number of aromatic nitrogens is 2. The maximum atomic E-state index is 13.1. The van der Waals surface area contributed by atoms with Gasteiger partial charge in [-0.15, -0.1) is 0 Å². The van der Waals surface area contributed by atoms with Gasteiger partial charge in [0.15, 0.2) is 11.0 Å². The zero-order chi connectivity index (χ0) is 17.3. The van der Waals surface area contributed by atoms with Gasteiger partial charge < -0.3 is 4.57 Å². The minimum Gasteiger partial charge on any atom is -0.318 e. The van der Waals surface area contributed by atoms with Crippen molar-refractivity contribution < 1.29 is 4.79 Å². The Labute approximate surface area is 156 Å². The molecule has 1 aliphatic heterocycles. The smallest absolute Gasteiger partial charge is 0.202 e. The molecule has 1 unspecified atom stereocenters. The summed E-state index contributed by atoms with van der Waals surface area (Å²) in [5.74, 6) is 1.90. The van der Waals surface area contributed by atoms with E-state index in [4.69, 9.17) is 16.6 Å². The maximum absolute atomic E-state index is 13.1. The number of fused-ring (bicyclic) bond motifs is 1. The molecular formula is C17H20ClN3OS2. The summed E-state index contributed by atoms with van der Waals surface area (Å²) in [6.45, 7) is 5.02. The Bertz CT molecular complexity index is 745. The summed E-state index contributed by atoms with van der Waals surface area (Å²) in [4.78, 5) is 17.8. The number of Topliss-reactive ketones (excluding diaryl/α,β-unsaturated/α-hetero) is 1. The minimum absolute atomic E-state index is 0.111. The number of nitrogens with zero attached hydrogens (tertiary/aromatic N) is 3. The number of benzene rings is 1. The molecule has 0 saturated heterocycles. The molecule has 2 aromatic rings. The Morgan fingerprint density at radius 1 is 1.29 bits per heavy atom. The lowest BCUT2D eigenvalue weighted by Crippen LogP contribution is -2.28. The molecule has 1 atom stereocenters. The van der Waals surface area contributed by atoms with Crippen molar-refractivity contribution in [3.05, 3.63) is 40.5 Å². The van der Waals surface area contributed by atoms with Gasteiger partial charge in [-0.05, 0) is 43.0 Å². The zero-order valence-corrected chi connectivity index (χ0v) is 16.3. The molecule has 0 radical (unpaired) electrons. The second kappa shape index (κ2) is 7.42. The lowest BCUT2D eigenvalue weighted by molar-refractivity contribution is 0.0980. The maximum Gasteiger partial charge on any atom is 0.202 e. The monoisotopic (exact) mass is 381 g/mol. The van der Waals surface area contributed by atoms with Crippen molar-refractivity contribution in [3.8, 4) is 0 Å². The number of imidazole rings is 1. The lowest BCUT2D eigenvalue weighted by atomic mass is 10.1. The predicted octanol–water partition coefficient (Wildman–Crippen LogP) is 4.99. The largest absolute Gasteiger partial charge is 0.318 e. The van der Waals surface area contributed by atoms with Crippen LogP contribution in [0.15, 0.2) is 29.4 Å². The summed E-state index contributed by atoms with van der Waals surface area (Å²) in [6.07, 6.45) is 1.08. The molecule has 128 valence electrons. The van der Waals surface area contributed by atoms with Crippen LogP contribution < -0.4 is 4.31 Å². The van der Waals surface area contributed by atoms with Crippen LogP contribution in [0.1, 0.15) is 41.6 Å². The van der Waals surface area contributed by atoms with Crippen LogP contribution in [0.4, 0.5) is 5.82 Å². The van der Waals surface area contributed by atoms with Gasteiger partial charge in [0.25, 0.3) is 0 Å². The second-order valence-corrected chi connectivity index (χ2v) is 8.19. The Kier molecular flexibility index (Phi) is 5.47. The van der Waals surface area contributed by atoms with Crippen LogP contribution in [0, 0.1) is 0 Å². The van der Waals surface area contributed by atoms with Crippen LogP contribution in [0.5, 0.6) is 0 Å². The van der Waals surface area contributed by atoms with E-state index >= 15 is 0 Å². The molecule has 0 amide bonds. The van der Waals surface area contributed by atoms with E-state index in [1.807, 2.05) is 35.9 Å². The third-order valence-corrected chi connectivity index (χ3v) is 6.74. The van der Waals surface area contributed by atoms with Crippen molar-refractivity contribution >= 4 is 46.9 Å². The number of thioether (sulfide) groups is 1. The van der Waals surface area contributed by atoms with Crippen molar-refractivity contribution in [1.29, 1.82) is 0 Å². The van der Waals surface area contributed by atoms with Gasteiger partial charge in [-0.3, -0.25) is 9.10 Å². The average Bonchev–Trinajstić information content (AvgIpc) is 2.92. The third-order valence-electron chi connectivity index (χ3n) is 3.87. The van der Waals surface area contributed by atoms with Gasteiger partial charge in [0, 0.05) is 24.4 Å². The quantitative estimate of drug-likeness (QED) is 0.539. The second-order valence-electron chi connectivity index (χ2n) is 5.57. The number of carbonyl (C=O) groups excluding carboxylic acids is 1. The molecule has 0 spiro atoms. The van der Waals surface area contributed by atoms with Crippen molar-refractivity contribution in [2.45, 2.75) is 30.7 Å². The van der Waals surface area contributed by atoms with E-state index in [9.17, 15) is 4.79 Å². The molecule has 1 aliphatic rings. The summed E-state index contributed by atoms with van der Waals surface area (Å²) < 4.78 is 4.06. The Hall–Kier alpha value is -1.11. The number of carbonyl (C=O) groups is 1. The zero-order valence-electron chi connectivity index (χ0n) is 14.0. The summed E-state index contributed by atoms with van der Waals surface area (Å²) in [5, 5.41) is 1.33. The van der Waals surface area contributed by atoms with E-state index in [2.05, 4.69) is 18.2 Å². The molecule has 24 heavy (non-hydrogen) atoms. The van der Waals surface area contributed by atoms with Gasteiger partial charge in [-0.25, -0.2) is 4.98 Å². The van der Waals surface area contributed by atoms with Crippen LogP contribution in [-0.2, 0) is 7.05 Å². The molecule has 0 fully saturated rings. The standard InChI is InChI=1S/C17H20ClN3OS2/c1-4-10-23-17-19-16-13(20(17)3)14(22)15(24-21(16)5-2)11-6-8-12(18)9-7-11/h6-9,15H,4-5,10H2,1-3H3. The van der Waals surface area contributed by atoms with Gasteiger partial charge in [0.05, 0.1) is 0 Å². The van der Waals surface area contributed by atoms with Gasteiger partial charge in [-0.1, -0.05) is 42.4 Å². The van der Waals surface area contributed by atoms with Crippen LogP contribution in [0.25, 0.3) is 0 Å². The first-order valence-electron chi connectivity index (χ1n) is 8.00. The lowest BCUT2D eigenvalue weighted by Gasteiger charge is -2.30. The molecule has 0 N–H and O–H groups in total. The topological polar surface area (TPSA) is 38.1 Å². The molecule has 0 bridgehead atoms. The first kappa shape index (κ1) is 17.7. The van der Waals surface area contributed by atoms with Crippen LogP contribution in [0.2, 0.25) is 5.02 Å². The van der Waals surface area contributed by atoms with Crippen molar-refractivity contribution in [2.24, 2.45) is 7.05 Å². The molecule has 1 aromatic heterocycles. The van der Waals surface area contributed by atoms with E-state index in [0.29, 0.717) is 10.7 Å². The van der Waals surface area contributed by atoms with Gasteiger partial charge in [0.1, 0.15) is 10.9 Å². The number of anilines is 1. The molecule has 0 aliphatic carbocycles. The van der Waals surface area contributed by atoms with E-state index in [-0.39, 0.29) is 11.0 Å². The fourth-order valence-corrected chi connectivity index (χ4v) is 4.72. The molecule has 1 aromatic carbocycles. The Morgan fingerprint density at radius 2 is 2.00 bits per heavy atom. The highest BCUT2D eigenvalue weighted by Crippen LogP contribution is 2.45. The van der Waals surface area contributed by atoms with Crippen molar-refractivity contribution in [3.63, 3.8) is 0 Å². The van der Waals surface area contributed by atoms with Gasteiger partial charge >= 0.3 is 0 Å². The number of rotatable bonds is 5. The minimum atomic E-state index is -0.255. The summed E-state index contributed by atoms with van der Waals surface area (Å²) in [7, 11) is 1.93. The van der Waals surface area contributed by atoms with Crippen molar-refractivity contribution in [1.82, 2.24) is 9.55 Å². The van der Waals surface area contributed by atoms with E-state index in [1.165, 1.54) is 0 Å². The average molecular weight is 382 g/mol. The Balaban J connectivity index is 2.01. The van der Waals surface area contributed by atoms with Crippen LogP contribution in [0.3, 0.4) is 0 Å². The van der Waals surface area contributed by atoms with Crippen LogP contribution in [-0.4, -0.2) is 27.6 Å². The third kappa shape index (κ3) is 3.19. The summed E-state index contributed by atoms with van der Waals surface area (Å²) in [5.41, 5.74) is 1.68. The fourth-order valence-electron chi connectivity index (χ4n) is 2.66. The summed E-state index contributed by atoms with van der Waals surface area (Å²) >= 11 is 9.23. The normalized spacial score (nSPS) is 17.2. The highest BCUT2D eigenvalue weighted by Gasteiger charge is 2.38. The SMILES string of the molecule is CCCSc1nc2c(n1C)C(=O)C(c1ccc(Cl)cc1)SN2CC. The number of halogens is 1. The molecule has 3 rings (SSSR count). The molecule has 2 heterocycles. The fraction of sp³-hybridized carbons (Fsp3) is 0.412. The molecular weight excluding hydrogens is 362 g/mol. The predicted molar refractivity (Wildman–Crippen MR) is 103 cm³/mol. The molecule has 4 nitrogen and oxygen atoms in total. The molecule has 7 heteroatoms. The summed E-state index contributed by atoms with van der Waals surface area (Å²) in [6, 6.07) is 7.53. The van der Waals surface area contributed by atoms with Gasteiger partial charge in [0.2, 0.25) is 5.78 Å². The first-order valence-corrected chi connectivity index (χ1v) is 10.2. The number of hydrogen-bond donors (Lipinski definition) is 0. The van der Waals surface area contributed by atoms with E-state index in [0.717, 1.165) is 35.3 Å². The molecule has 0 saturated carbocycles. The number of hydrogen-bond acceptors (Lipinski definition) is 5. The van der Waals surface area contributed by atoms with E-state index in [1.54, 1.807) is 23.7 Å². The first-order chi connectivity index (χ1) is 11.6. The Morgan fingerprint density at radius 3 is 2.62 bits per heavy atom. The van der Waals surface area contributed by atoms with E-state index < -0.39 is 0 Å². The van der Waals surface area contributed by atoms with Crippen LogP contribution >= 0.6 is 35.3 Å². The highest BCUT2D eigenvalue weighted by molar-refractivity contribution is 8.01.